The third-order valence-corrected chi connectivity index (χ3v) is 2.96. The summed E-state index contributed by atoms with van der Waals surface area (Å²) in [5.41, 5.74) is 1.34. The maximum Gasteiger partial charge on any atom is 0.000661 e. The van der Waals surface area contributed by atoms with Gasteiger partial charge in [-0.25, -0.2) is 0 Å². The molecule has 0 atom stereocenters. The fourth-order valence-corrected chi connectivity index (χ4v) is 1.87. The molecular weight excluding hydrogens is 182 g/mol. The highest BCUT2D eigenvalue weighted by Crippen LogP contribution is 2.29. The van der Waals surface area contributed by atoms with Crippen molar-refractivity contribution in [1.82, 2.24) is 4.90 Å². The molecule has 0 aliphatic heterocycles. The molecule has 0 unspecified atom stereocenters. The zero-order chi connectivity index (χ0) is 10.5. The van der Waals surface area contributed by atoms with E-state index >= 15 is 0 Å². The number of hydrogen-bond acceptors (Lipinski definition) is 1. The minimum absolute atomic E-state index is 1.01. The van der Waals surface area contributed by atoms with Gasteiger partial charge in [0.15, 0.2) is 0 Å². The number of rotatable bonds is 6. The summed E-state index contributed by atoms with van der Waals surface area (Å²) in [6.07, 6.45) is 6.39. The molecule has 1 radical (unpaired) electrons. The molecule has 1 aliphatic carbocycles. The Labute approximate surface area is 93.1 Å². The Hall–Kier alpha value is -0.820. The van der Waals surface area contributed by atoms with Crippen molar-refractivity contribution < 1.29 is 0 Å². The molecule has 1 saturated carbocycles. The van der Waals surface area contributed by atoms with Crippen molar-refractivity contribution in [3.63, 3.8) is 0 Å². The third-order valence-electron chi connectivity index (χ3n) is 2.96. The Bertz CT molecular complexity index is 277. The van der Waals surface area contributed by atoms with E-state index < -0.39 is 0 Å². The molecular formula is C14H20N. The van der Waals surface area contributed by atoms with Crippen LogP contribution in [0.1, 0.15) is 24.8 Å². The quantitative estimate of drug-likeness (QED) is 0.685. The lowest BCUT2D eigenvalue weighted by Gasteiger charge is -2.15. The van der Waals surface area contributed by atoms with Crippen LogP contribution in [0, 0.1) is 12.3 Å². The molecule has 81 valence electrons. The normalized spacial score (nSPS) is 15.9. The van der Waals surface area contributed by atoms with Gasteiger partial charge in [0.25, 0.3) is 0 Å². The molecule has 0 heterocycles. The smallest absolute Gasteiger partial charge is 0.000661 e. The van der Waals surface area contributed by atoms with Crippen LogP contribution in [-0.4, -0.2) is 25.0 Å². The summed E-state index contributed by atoms with van der Waals surface area (Å²) in [5.74, 6) is 1.01. The number of benzene rings is 1. The highest BCUT2D eigenvalue weighted by molar-refractivity contribution is 5.22. The number of hydrogen-bond donors (Lipinski definition) is 0. The second-order valence-electron chi connectivity index (χ2n) is 4.61. The average molecular weight is 202 g/mol. The summed E-state index contributed by atoms with van der Waals surface area (Å²) >= 11 is 0. The first-order valence-electron chi connectivity index (χ1n) is 5.91. The molecule has 1 nitrogen and oxygen atoms in total. The van der Waals surface area contributed by atoms with Gasteiger partial charge in [-0.3, -0.25) is 0 Å². The standard InChI is InChI=1S/C14H20N/c1-15(12-14-9-10-14)11-5-8-13-6-3-2-4-7-13/h2-4,6-8,14H,5,9-12H2,1H3. The SMILES string of the molecule is CN(CC[CH]c1ccccc1)CC1CC1. The van der Waals surface area contributed by atoms with Gasteiger partial charge >= 0.3 is 0 Å². The van der Waals surface area contributed by atoms with E-state index in [1.54, 1.807) is 0 Å². The Kier molecular flexibility index (Phi) is 3.79. The third kappa shape index (κ3) is 4.05. The highest BCUT2D eigenvalue weighted by Gasteiger charge is 2.22. The molecule has 1 aromatic rings. The first-order chi connectivity index (χ1) is 7.34. The second kappa shape index (κ2) is 5.32. The molecule has 0 saturated heterocycles. The molecule has 1 aliphatic rings. The van der Waals surface area contributed by atoms with Gasteiger partial charge in [-0.1, -0.05) is 30.3 Å². The summed E-state index contributed by atoms with van der Waals surface area (Å²) in [5, 5.41) is 0. The van der Waals surface area contributed by atoms with Crippen molar-refractivity contribution >= 4 is 0 Å². The van der Waals surface area contributed by atoms with Crippen molar-refractivity contribution in [2.24, 2.45) is 5.92 Å². The first kappa shape index (κ1) is 10.7. The van der Waals surface area contributed by atoms with E-state index in [0.29, 0.717) is 0 Å². The first-order valence-corrected chi connectivity index (χ1v) is 5.91. The lowest BCUT2D eigenvalue weighted by molar-refractivity contribution is 0.324. The largest absolute Gasteiger partial charge is 0.306 e. The zero-order valence-electron chi connectivity index (χ0n) is 9.52. The fourth-order valence-electron chi connectivity index (χ4n) is 1.87. The van der Waals surface area contributed by atoms with Crippen molar-refractivity contribution in [2.75, 3.05) is 20.1 Å². The summed E-state index contributed by atoms with van der Waals surface area (Å²) in [4.78, 5) is 2.46. The molecule has 15 heavy (non-hydrogen) atoms. The van der Waals surface area contributed by atoms with Crippen LogP contribution in [0.15, 0.2) is 30.3 Å². The Morgan fingerprint density at radius 3 is 2.67 bits per heavy atom. The molecule has 0 aromatic heterocycles. The molecule has 0 bridgehead atoms. The van der Waals surface area contributed by atoms with Gasteiger partial charge < -0.3 is 4.90 Å². The van der Waals surface area contributed by atoms with Crippen molar-refractivity contribution in [1.29, 1.82) is 0 Å². The Morgan fingerprint density at radius 1 is 1.27 bits per heavy atom. The molecule has 2 rings (SSSR count). The second-order valence-corrected chi connectivity index (χ2v) is 4.61. The van der Waals surface area contributed by atoms with Crippen LogP contribution >= 0.6 is 0 Å². The molecule has 1 fully saturated rings. The fraction of sp³-hybridized carbons (Fsp3) is 0.500. The molecule has 0 spiro atoms. The van der Waals surface area contributed by atoms with Crippen LogP contribution in [-0.2, 0) is 0 Å². The van der Waals surface area contributed by atoms with E-state index in [4.69, 9.17) is 0 Å². The van der Waals surface area contributed by atoms with Gasteiger partial charge in [0, 0.05) is 6.54 Å². The summed E-state index contributed by atoms with van der Waals surface area (Å²) < 4.78 is 0. The van der Waals surface area contributed by atoms with Crippen LogP contribution < -0.4 is 0 Å². The predicted molar refractivity (Wildman–Crippen MR) is 64.7 cm³/mol. The Balaban J connectivity index is 1.61. The van der Waals surface area contributed by atoms with Crippen LogP contribution in [0.2, 0.25) is 0 Å². The predicted octanol–water partition coefficient (Wildman–Crippen LogP) is 2.97. The van der Waals surface area contributed by atoms with Gasteiger partial charge in [0.2, 0.25) is 0 Å². The van der Waals surface area contributed by atoms with Crippen molar-refractivity contribution in [3.05, 3.63) is 42.3 Å². The lowest BCUT2D eigenvalue weighted by atomic mass is 10.1. The topological polar surface area (TPSA) is 3.24 Å². The molecule has 1 aromatic carbocycles. The van der Waals surface area contributed by atoms with E-state index in [-0.39, 0.29) is 0 Å². The summed E-state index contributed by atoms with van der Waals surface area (Å²) in [6.45, 7) is 2.48. The van der Waals surface area contributed by atoms with Crippen molar-refractivity contribution in [3.8, 4) is 0 Å². The highest BCUT2D eigenvalue weighted by atomic mass is 15.1. The van der Waals surface area contributed by atoms with Crippen LogP contribution in [0.4, 0.5) is 0 Å². The maximum atomic E-state index is 2.46. The minimum Gasteiger partial charge on any atom is -0.306 e. The Morgan fingerprint density at radius 2 is 2.00 bits per heavy atom. The van der Waals surface area contributed by atoms with E-state index in [9.17, 15) is 0 Å². The number of nitrogens with zero attached hydrogens (tertiary/aromatic N) is 1. The van der Waals surface area contributed by atoms with Gasteiger partial charge in [0.1, 0.15) is 0 Å². The monoisotopic (exact) mass is 202 g/mol. The minimum atomic E-state index is 1.01. The van der Waals surface area contributed by atoms with Gasteiger partial charge in [-0.15, -0.1) is 0 Å². The summed E-state index contributed by atoms with van der Waals surface area (Å²) in [7, 11) is 2.23. The molecule has 0 N–H and O–H groups in total. The van der Waals surface area contributed by atoms with E-state index in [0.717, 1.165) is 12.3 Å². The summed E-state index contributed by atoms with van der Waals surface area (Å²) in [6, 6.07) is 10.6. The average Bonchev–Trinajstić information content (AvgIpc) is 3.03. The van der Waals surface area contributed by atoms with E-state index in [1.165, 1.54) is 31.5 Å². The van der Waals surface area contributed by atoms with Crippen LogP contribution in [0.3, 0.4) is 0 Å². The molecule has 0 amide bonds. The van der Waals surface area contributed by atoms with Crippen molar-refractivity contribution in [2.45, 2.75) is 19.3 Å². The molecule has 1 heteroatoms. The maximum absolute atomic E-state index is 2.46. The van der Waals surface area contributed by atoms with Gasteiger partial charge in [-0.2, -0.15) is 0 Å². The van der Waals surface area contributed by atoms with Gasteiger partial charge in [-0.05, 0) is 50.8 Å². The zero-order valence-corrected chi connectivity index (χ0v) is 9.52. The van der Waals surface area contributed by atoms with Crippen LogP contribution in [0.5, 0.6) is 0 Å². The van der Waals surface area contributed by atoms with E-state index in [1.807, 2.05) is 0 Å². The van der Waals surface area contributed by atoms with E-state index in [2.05, 4.69) is 48.7 Å². The lowest BCUT2D eigenvalue weighted by Crippen LogP contribution is -2.22. The van der Waals surface area contributed by atoms with Gasteiger partial charge in [0.05, 0.1) is 0 Å². The van der Waals surface area contributed by atoms with Crippen LogP contribution in [0.25, 0.3) is 0 Å².